The summed E-state index contributed by atoms with van der Waals surface area (Å²) < 4.78 is 7.92. The minimum atomic E-state index is -0.0123. The van der Waals surface area contributed by atoms with E-state index in [1.165, 1.54) is 18.0 Å². The summed E-state index contributed by atoms with van der Waals surface area (Å²) in [5.41, 5.74) is 6.93. The summed E-state index contributed by atoms with van der Waals surface area (Å²) in [6.45, 7) is 1.82. The number of phenols is 1. The van der Waals surface area contributed by atoms with E-state index in [0.717, 1.165) is 10.2 Å². The Morgan fingerprint density at radius 3 is 2.75 bits per heavy atom. The molecule has 3 N–H and O–H groups in total. The van der Waals surface area contributed by atoms with E-state index in [0.29, 0.717) is 15.8 Å². The lowest BCUT2D eigenvalue weighted by Gasteiger charge is -2.09. The Hall–Kier alpha value is -1.54. The first-order valence-corrected chi connectivity index (χ1v) is 7.13. The first-order chi connectivity index (χ1) is 9.43. The molecule has 0 unspecified atom stereocenters. The predicted octanol–water partition coefficient (Wildman–Crippen LogP) is 2.90. The minimum absolute atomic E-state index is 0.0123. The summed E-state index contributed by atoms with van der Waals surface area (Å²) >= 11 is 6.76. The van der Waals surface area contributed by atoms with E-state index in [1.807, 2.05) is 6.92 Å². The molecule has 2 rings (SSSR count). The van der Waals surface area contributed by atoms with E-state index < -0.39 is 0 Å². The van der Waals surface area contributed by atoms with Crippen molar-refractivity contribution in [2.45, 2.75) is 6.92 Å². The number of rotatable bonds is 3. The zero-order valence-electron chi connectivity index (χ0n) is 10.8. The number of hydrogen-bond donors (Lipinski definition) is 2. The van der Waals surface area contributed by atoms with Gasteiger partial charge in [0.15, 0.2) is 11.5 Å². The van der Waals surface area contributed by atoms with Gasteiger partial charge in [0, 0.05) is 8.95 Å². The lowest BCUT2D eigenvalue weighted by molar-refractivity contribution is 0.372. The molecule has 106 valence electrons. The maximum Gasteiger partial charge on any atom is 0.221 e. The Bertz CT molecular complexity index is 683. The zero-order chi connectivity index (χ0) is 14.9. The maximum atomic E-state index is 10.1. The third-order valence-corrected chi connectivity index (χ3v) is 4.57. The van der Waals surface area contributed by atoms with E-state index in [2.05, 4.69) is 41.9 Å². The first-order valence-electron chi connectivity index (χ1n) is 5.54. The summed E-state index contributed by atoms with van der Waals surface area (Å²) in [5.74, 6) is 0.606. The van der Waals surface area contributed by atoms with Gasteiger partial charge in [-0.1, -0.05) is 0 Å². The van der Waals surface area contributed by atoms with Gasteiger partial charge in [-0.3, -0.25) is 0 Å². The number of benzene rings is 1. The molecule has 6 nitrogen and oxygen atoms in total. The third-order valence-electron chi connectivity index (χ3n) is 2.56. The molecule has 0 aliphatic heterocycles. The molecule has 1 aromatic carbocycles. The number of methoxy groups -OCH3 is 1. The highest BCUT2D eigenvalue weighted by Crippen LogP contribution is 2.39. The Balaban J connectivity index is 2.48. The van der Waals surface area contributed by atoms with Crippen LogP contribution >= 0.6 is 31.9 Å². The number of nitrogen functional groups attached to an aromatic ring is 1. The van der Waals surface area contributed by atoms with E-state index in [4.69, 9.17) is 10.5 Å². The van der Waals surface area contributed by atoms with Gasteiger partial charge in [0.25, 0.3) is 0 Å². The second-order valence-corrected chi connectivity index (χ2v) is 5.61. The Labute approximate surface area is 132 Å². The summed E-state index contributed by atoms with van der Waals surface area (Å²) in [6.07, 6.45) is 3.16. The molecule has 0 fully saturated rings. The second kappa shape index (κ2) is 5.84. The van der Waals surface area contributed by atoms with Crippen LogP contribution in [0.15, 0.2) is 26.3 Å². The third kappa shape index (κ3) is 2.80. The van der Waals surface area contributed by atoms with Crippen LogP contribution in [0, 0.1) is 6.92 Å². The van der Waals surface area contributed by atoms with Crippen molar-refractivity contribution in [2.75, 3.05) is 12.8 Å². The number of nitrogens with zero attached hydrogens (tertiary/aromatic N) is 3. The van der Waals surface area contributed by atoms with E-state index in [9.17, 15) is 5.11 Å². The Morgan fingerprint density at radius 1 is 1.50 bits per heavy atom. The van der Waals surface area contributed by atoms with Gasteiger partial charge < -0.3 is 15.6 Å². The van der Waals surface area contributed by atoms with Crippen molar-refractivity contribution in [3.63, 3.8) is 0 Å². The number of halogens is 2. The maximum absolute atomic E-state index is 10.1. The zero-order valence-corrected chi connectivity index (χ0v) is 13.9. The Morgan fingerprint density at radius 2 is 2.20 bits per heavy atom. The number of imidazole rings is 1. The molecular formula is C12H12Br2N4O2. The molecule has 2 aromatic rings. The highest BCUT2D eigenvalue weighted by atomic mass is 79.9. The van der Waals surface area contributed by atoms with Gasteiger partial charge in [-0.25, -0.2) is 9.66 Å². The van der Waals surface area contributed by atoms with Gasteiger partial charge in [-0.05, 0) is 44.8 Å². The number of aromatic nitrogens is 2. The fraction of sp³-hybridized carbons (Fsp3) is 0.167. The molecular weight excluding hydrogens is 392 g/mol. The van der Waals surface area contributed by atoms with Crippen LogP contribution in [-0.2, 0) is 0 Å². The molecule has 0 atom stereocenters. The number of anilines is 1. The summed E-state index contributed by atoms with van der Waals surface area (Å²) in [5, 5.41) is 14.3. The first kappa shape index (κ1) is 14.9. The van der Waals surface area contributed by atoms with Gasteiger partial charge >= 0.3 is 0 Å². The quantitative estimate of drug-likeness (QED) is 0.771. The molecule has 0 aliphatic carbocycles. The largest absolute Gasteiger partial charge is 0.504 e. The highest BCUT2D eigenvalue weighted by Gasteiger charge is 2.14. The molecule has 20 heavy (non-hydrogen) atoms. The van der Waals surface area contributed by atoms with Crippen LogP contribution in [0.25, 0.3) is 0 Å². The molecule has 0 radical (unpaired) electrons. The van der Waals surface area contributed by atoms with E-state index >= 15 is 0 Å². The van der Waals surface area contributed by atoms with Crippen molar-refractivity contribution in [1.82, 2.24) is 9.66 Å². The summed E-state index contributed by atoms with van der Waals surface area (Å²) in [6, 6.07) is 1.66. The number of phenolic OH excluding ortho intramolecular Hbond substituents is 1. The van der Waals surface area contributed by atoms with Crippen molar-refractivity contribution in [3.05, 3.63) is 32.5 Å². The molecule has 8 heteroatoms. The molecule has 1 heterocycles. The molecule has 0 bridgehead atoms. The molecule has 0 saturated carbocycles. The fourth-order valence-corrected chi connectivity index (χ4v) is 2.43. The normalized spacial score (nSPS) is 11.2. The van der Waals surface area contributed by atoms with E-state index in [1.54, 1.807) is 12.3 Å². The van der Waals surface area contributed by atoms with Crippen LogP contribution in [0.5, 0.6) is 11.5 Å². The number of aromatic hydroxyl groups is 1. The topological polar surface area (TPSA) is 85.7 Å². The van der Waals surface area contributed by atoms with Gasteiger partial charge in [0.05, 0.1) is 30.8 Å². The molecule has 0 spiro atoms. The number of nitrogens with two attached hydrogens (primary N) is 1. The van der Waals surface area contributed by atoms with Crippen LogP contribution in [0.4, 0.5) is 5.95 Å². The minimum Gasteiger partial charge on any atom is -0.504 e. The lowest BCUT2D eigenvalue weighted by Crippen LogP contribution is -1.98. The standard InChI is InChI=1S/C12H12Br2N4O2/c1-6-5-18(12(15)17-6)16-4-7-10(14)8(13)3-9(20-2)11(7)19/h3-5,19H,1-2H3,(H2,15,17). The second-order valence-electron chi connectivity index (χ2n) is 3.97. The average molecular weight is 404 g/mol. The van der Waals surface area contributed by atoms with Crippen molar-refractivity contribution in [2.24, 2.45) is 5.10 Å². The van der Waals surface area contributed by atoms with E-state index in [-0.39, 0.29) is 11.7 Å². The summed E-state index contributed by atoms with van der Waals surface area (Å²) in [7, 11) is 1.48. The highest BCUT2D eigenvalue weighted by molar-refractivity contribution is 9.13. The molecule has 1 aromatic heterocycles. The van der Waals surface area contributed by atoms with Gasteiger partial charge in [0.1, 0.15) is 0 Å². The lowest BCUT2D eigenvalue weighted by atomic mass is 10.2. The van der Waals surface area contributed by atoms with Crippen molar-refractivity contribution < 1.29 is 9.84 Å². The smallest absolute Gasteiger partial charge is 0.221 e. The van der Waals surface area contributed by atoms with Crippen LogP contribution < -0.4 is 10.5 Å². The Kier molecular flexibility index (Phi) is 4.34. The SMILES string of the molecule is COc1cc(Br)c(Br)c(C=Nn2cc(C)nc2N)c1O. The van der Waals surface area contributed by atoms with Crippen LogP contribution in [0.3, 0.4) is 0 Å². The van der Waals surface area contributed by atoms with Crippen molar-refractivity contribution >= 4 is 44.0 Å². The van der Waals surface area contributed by atoms with Crippen LogP contribution in [0.2, 0.25) is 0 Å². The number of ether oxygens (including phenoxy) is 1. The monoisotopic (exact) mass is 402 g/mol. The molecule has 0 saturated heterocycles. The van der Waals surface area contributed by atoms with Gasteiger partial charge in [-0.2, -0.15) is 5.10 Å². The van der Waals surface area contributed by atoms with Gasteiger partial charge in [0.2, 0.25) is 5.95 Å². The van der Waals surface area contributed by atoms with Crippen LogP contribution in [-0.4, -0.2) is 28.1 Å². The van der Waals surface area contributed by atoms with Crippen molar-refractivity contribution in [1.29, 1.82) is 0 Å². The predicted molar refractivity (Wildman–Crippen MR) is 84.4 cm³/mol. The molecule has 0 aliphatic rings. The van der Waals surface area contributed by atoms with Gasteiger partial charge in [-0.15, -0.1) is 0 Å². The van der Waals surface area contributed by atoms with Crippen LogP contribution in [0.1, 0.15) is 11.3 Å². The molecule has 0 amide bonds. The number of hydrogen-bond acceptors (Lipinski definition) is 5. The summed E-state index contributed by atoms with van der Waals surface area (Å²) in [4.78, 5) is 4.04. The van der Waals surface area contributed by atoms with Crippen molar-refractivity contribution in [3.8, 4) is 11.5 Å². The fourth-order valence-electron chi connectivity index (χ4n) is 1.60. The number of aryl methyl sites for hydroxylation is 1. The average Bonchev–Trinajstić information content (AvgIpc) is 2.72.